The van der Waals surface area contributed by atoms with Crippen molar-refractivity contribution in [2.75, 3.05) is 0 Å². The van der Waals surface area contributed by atoms with Gasteiger partial charge in [0.25, 0.3) is 5.69 Å². The van der Waals surface area contributed by atoms with Crippen molar-refractivity contribution < 1.29 is 4.92 Å². The van der Waals surface area contributed by atoms with Gasteiger partial charge in [-0.25, -0.2) is 0 Å². The molecule has 98 valence electrons. The van der Waals surface area contributed by atoms with Crippen molar-refractivity contribution in [1.29, 1.82) is 0 Å². The molecule has 1 aliphatic carbocycles. The van der Waals surface area contributed by atoms with E-state index in [1.165, 1.54) is 50.5 Å². The van der Waals surface area contributed by atoms with Crippen molar-refractivity contribution in [3.05, 3.63) is 39.9 Å². The molecule has 0 N–H and O–H groups in total. The lowest BCUT2D eigenvalue weighted by atomic mass is 9.67. The highest BCUT2D eigenvalue weighted by molar-refractivity contribution is 5.36. The molecule has 1 aromatic rings. The fraction of sp³-hybridized carbons (Fsp3) is 0.600. The molecule has 0 bridgehead atoms. The maximum absolute atomic E-state index is 10.7. The van der Waals surface area contributed by atoms with E-state index in [0.29, 0.717) is 0 Å². The second-order valence-corrected chi connectivity index (χ2v) is 5.39. The van der Waals surface area contributed by atoms with E-state index in [-0.39, 0.29) is 16.0 Å². The van der Waals surface area contributed by atoms with Crippen LogP contribution in [0.2, 0.25) is 0 Å². The minimum atomic E-state index is -0.322. The van der Waals surface area contributed by atoms with Crippen LogP contribution < -0.4 is 0 Å². The van der Waals surface area contributed by atoms with Gasteiger partial charge in [-0.1, -0.05) is 44.7 Å². The molecule has 0 atom stereocenters. The van der Waals surface area contributed by atoms with Gasteiger partial charge in [-0.05, 0) is 30.2 Å². The van der Waals surface area contributed by atoms with Crippen LogP contribution in [0.15, 0.2) is 24.3 Å². The summed E-state index contributed by atoms with van der Waals surface area (Å²) in [7, 11) is 0. The molecule has 3 heteroatoms. The normalized spacial score (nSPS) is 18.5. The minimum Gasteiger partial charge on any atom is -0.258 e. The van der Waals surface area contributed by atoms with Crippen LogP contribution in [-0.2, 0) is 5.41 Å². The molecule has 3 nitrogen and oxygen atoms in total. The molecule has 1 saturated carbocycles. The molecule has 1 fully saturated rings. The highest BCUT2D eigenvalue weighted by Gasteiger charge is 2.32. The van der Waals surface area contributed by atoms with Crippen molar-refractivity contribution in [3.63, 3.8) is 0 Å². The molecule has 0 heterocycles. The second-order valence-electron chi connectivity index (χ2n) is 5.39. The fourth-order valence-electron chi connectivity index (χ4n) is 3.33. The van der Waals surface area contributed by atoms with Crippen molar-refractivity contribution >= 4 is 5.69 Å². The Bertz CT molecular complexity index is 399. The van der Waals surface area contributed by atoms with Gasteiger partial charge in [0, 0.05) is 12.1 Å². The van der Waals surface area contributed by atoms with E-state index >= 15 is 0 Å². The van der Waals surface area contributed by atoms with Gasteiger partial charge >= 0.3 is 0 Å². The van der Waals surface area contributed by atoms with Crippen LogP contribution in [0.4, 0.5) is 5.69 Å². The van der Waals surface area contributed by atoms with E-state index in [9.17, 15) is 10.1 Å². The van der Waals surface area contributed by atoms with Gasteiger partial charge in [0.1, 0.15) is 0 Å². The molecule has 0 radical (unpaired) electrons. The quantitative estimate of drug-likeness (QED) is 0.576. The Hall–Kier alpha value is -1.38. The van der Waals surface area contributed by atoms with Crippen LogP contribution >= 0.6 is 0 Å². The third-order valence-corrected chi connectivity index (χ3v) is 4.23. The lowest BCUT2D eigenvalue weighted by Gasteiger charge is -2.38. The predicted molar refractivity (Wildman–Crippen MR) is 72.8 cm³/mol. The first kappa shape index (κ1) is 13.1. The lowest BCUT2D eigenvalue weighted by Crippen LogP contribution is -2.28. The molecule has 1 aromatic carbocycles. The fourth-order valence-corrected chi connectivity index (χ4v) is 3.33. The largest absolute Gasteiger partial charge is 0.269 e. The Morgan fingerprint density at radius 1 is 1.17 bits per heavy atom. The van der Waals surface area contributed by atoms with E-state index < -0.39 is 0 Å². The Morgan fingerprint density at radius 3 is 2.28 bits per heavy atom. The van der Waals surface area contributed by atoms with E-state index in [1.54, 1.807) is 12.1 Å². The molecular weight excluding hydrogens is 226 g/mol. The van der Waals surface area contributed by atoms with Crippen molar-refractivity contribution in [3.8, 4) is 0 Å². The lowest BCUT2D eigenvalue weighted by molar-refractivity contribution is -0.384. The summed E-state index contributed by atoms with van der Waals surface area (Å²) in [6, 6.07) is 7.25. The average molecular weight is 247 g/mol. The van der Waals surface area contributed by atoms with E-state index in [0.717, 1.165) is 0 Å². The van der Waals surface area contributed by atoms with Gasteiger partial charge in [0.05, 0.1) is 4.92 Å². The number of nitrogens with zero attached hydrogens (tertiary/aromatic N) is 1. The van der Waals surface area contributed by atoms with E-state index in [1.807, 2.05) is 12.1 Å². The van der Waals surface area contributed by atoms with E-state index in [2.05, 4.69) is 6.92 Å². The summed E-state index contributed by atoms with van der Waals surface area (Å²) < 4.78 is 0. The number of nitro groups is 1. The zero-order chi connectivity index (χ0) is 13.0. The summed E-state index contributed by atoms with van der Waals surface area (Å²) in [5.74, 6) is 0. The van der Waals surface area contributed by atoms with Crippen LogP contribution in [0.3, 0.4) is 0 Å². The molecule has 0 aliphatic heterocycles. The maximum atomic E-state index is 10.7. The number of benzene rings is 1. The van der Waals surface area contributed by atoms with Crippen molar-refractivity contribution in [1.82, 2.24) is 0 Å². The Morgan fingerprint density at radius 2 is 1.78 bits per heavy atom. The van der Waals surface area contributed by atoms with Gasteiger partial charge in [0.2, 0.25) is 0 Å². The van der Waals surface area contributed by atoms with Crippen LogP contribution in [0.25, 0.3) is 0 Å². The van der Waals surface area contributed by atoms with Crippen LogP contribution in [-0.4, -0.2) is 4.92 Å². The minimum absolute atomic E-state index is 0.196. The molecule has 0 saturated heterocycles. The summed E-state index contributed by atoms with van der Waals surface area (Å²) in [5.41, 5.74) is 1.78. The highest BCUT2D eigenvalue weighted by atomic mass is 16.6. The van der Waals surface area contributed by atoms with Crippen molar-refractivity contribution in [2.45, 2.75) is 57.3 Å². The van der Waals surface area contributed by atoms with E-state index in [4.69, 9.17) is 0 Å². The third kappa shape index (κ3) is 2.55. The number of non-ortho nitro benzene ring substituents is 1. The number of rotatable bonds is 4. The zero-order valence-corrected chi connectivity index (χ0v) is 11.0. The SMILES string of the molecule is CCCC1(c2ccc([N+](=O)[O-])cc2)CCCCC1. The molecular formula is C15H21NO2. The second kappa shape index (κ2) is 5.51. The van der Waals surface area contributed by atoms with Gasteiger partial charge in [-0.3, -0.25) is 10.1 Å². The standard InChI is InChI=1S/C15H21NO2/c1-2-10-15(11-4-3-5-12-15)13-6-8-14(9-7-13)16(17)18/h6-9H,2-5,10-12H2,1H3. The molecule has 0 spiro atoms. The van der Waals surface area contributed by atoms with Gasteiger partial charge in [0.15, 0.2) is 0 Å². The van der Waals surface area contributed by atoms with Crippen molar-refractivity contribution in [2.24, 2.45) is 0 Å². The monoisotopic (exact) mass is 247 g/mol. The average Bonchev–Trinajstić information content (AvgIpc) is 2.40. The summed E-state index contributed by atoms with van der Waals surface area (Å²) in [4.78, 5) is 10.4. The predicted octanol–water partition coefficient (Wildman–Crippen LogP) is 4.60. The molecule has 0 unspecified atom stereocenters. The number of hydrogen-bond acceptors (Lipinski definition) is 2. The van der Waals surface area contributed by atoms with Crippen LogP contribution in [0.5, 0.6) is 0 Å². The smallest absolute Gasteiger partial charge is 0.258 e. The van der Waals surface area contributed by atoms with Crippen LogP contribution in [0.1, 0.15) is 57.4 Å². The number of hydrogen-bond donors (Lipinski definition) is 0. The summed E-state index contributed by atoms with van der Waals surface area (Å²) in [6.45, 7) is 2.22. The molecule has 2 rings (SSSR count). The first-order valence-corrected chi connectivity index (χ1v) is 6.93. The summed E-state index contributed by atoms with van der Waals surface area (Å²) in [5, 5.41) is 10.7. The third-order valence-electron chi connectivity index (χ3n) is 4.23. The molecule has 0 aromatic heterocycles. The van der Waals surface area contributed by atoms with Gasteiger partial charge in [-0.15, -0.1) is 0 Å². The molecule has 0 amide bonds. The van der Waals surface area contributed by atoms with Gasteiger partial charge in [-0.2, -0.15) is 0 Å². The first-order chi connectivity index (χ1) is 8.68. The number of nitro benzene ring substituents is 1. The summed E-state index contributed by atoms with van der Waals surface area (Å²) >= 11 is 0. The zero-order valence-electron chi connectivity index (χ0n) is 11.0. The van der Waals surface area contributed by atoms with Gasteiger partial charge < -0.3 is 0 Å². The Balaban J connectivity index is 2.27. The topological polar surface area (TPSA) is 43.1 Å². The van der Waals surface area contributed by atoms with Crippen LogP contribution in [0, 0.1) is 10.1 Å². The Kier molecular flexibility index (Phi) is 4.00. The highest BCUT2D eigenvalue weighted by Crippen LogP contribution is 2.43. The first-order valence-electron chi connectivity index (χ1n) is 6.93. The maximum Gasteiger partial charge on any atom is 0.269 e. The molecule has 18 heavy (non-hydrogen) atoms. The Labute approximate surface area is 108 Å². The summed E-state index contributed by atoms with van der Waals surface area (Å²) in [6.07, 6.45) is 8.76. The molecule has 1 aliphatic rings.